The van der Waals surface area contributed by atoms with Crippen LogP contribution >= 0.6 is 0 Å². The molecule has 3 aromatic heterocycles. The number of rotatable bonds is 5. The van der Waals surface area contributed by atoms with Crippen LogP contribution in [0.1, 0.15) is 27.2 Å². The van der Waals surface area contributed by atoms with E-state index in [0.717, 1.165) is 37.4 Å². The van der Waals surface area contributed by atoms with Crippen molar-refractivity contribution >= 4 is 11.6 Å². The third kappa shape index (κ3) is 4.25. The van der Waals surface area contributed by atoms with Crippen molar-refractivity contribution in [2.75, 3.05) is 11.9 Å². The molecule has 1 aliphatic rings. The first-order valence-electron chi connectivity index (χ1n) is 10.4. The van der Waals surface area contributed by atoms with E-state index in [-0.39, 0.29) is 5.91 Å². The molecule has 1 amide bonds. The lowest BCUT2D eigenvalue weighted by Crippen LogP contribution is -2.30. The topological polar surface area (TPSA) is 63.1 Å². The van der Waals surface area contributed by atoms with Crippen LogP contribution in [0.15, 0.2) is 85.6 Å². The van der Waals surface area contributed by atoms with Crippen LogP contribution in [0, 0.1) is 0 Å². The first-order valence-corrected chi connectivity index (χ1v) is 10.4. The Labute approximate surface area is 181 Å². The molecule has 0 saturated heterocycles. The summed E-state index contributed by atoms with van der Waals surface area (Å²) in [5.41, 5.74) is 6.34. The molecule has 4 aromatic rings. The van der Waals surface area contributed by atoms with Crippen LogP contribution in [0.25, 0.3) is 5.69 Å². The molecule has 0 fully saturated rings. The minimum atomic E-state index is -0.121. The van der Waals surface area contributed by atoms with Crippen molar-refractivity contribution in [1.29, 1.82) is 0 Å². The molecule has 0 atom stereocenters. The van der Waals surface area contributed by atoms with Crippen LogP contribution in [0.2, 0.25) is 0 Å². The van der Waals surface area contributed by atoms with E-state index < -0.39 is 0 Å². The molecule has 0 unspecified atom stereocenters. The molecule has 6 nitrogen and oxygen atoms in total. The number of pyridine rings is 2. The molecular formula is C25H23N5O. The molecule has 4 heterocycles. The van der Waals surface area contributed by atoms with Gasteiger partial charge in [-0.2, -0.15) is 0 Å². The molecule has 1 N–H and O–H groups in total. The first-order chi connectivity index (χ1) is 15.3. The second kappa shape index (κ2) is 8.53. The fraction of sp³-hybridized carbons (Fsp3) is 0.160. The number of carbonyl (C=O) groups is 1. The maximum atomic E-state index is 12.5. The van der Waals surface area contributed by atoms with Crippen molar-refractivity contribution < 1.29 is 4.79 Å². The zero-order valence-electron chi connectivity index (χ0n) is 17.1. The minimum absolute atomic E-state index is 0.121. The van der Waals surface area contributed by atoms with Gasteiger partial charge in [0.1, 0.15) is 0 Å². The van der Waals surface area contributed by atoms with Crippen molar-refractivity contribution in [3.63, 3.8) is 0 Å². The summed E-state index contributed by atoms with van der Waals surface area (Å²) in [6, 6.07) is 17.9. The fourth-order valence-corrected chi connectivity index (χ4v) is 4.06. The number of carbonyl (C=O) groups excluding carboxylic acids is 1. The molecule has 6 heteroatoms. The maximum absolute atomic E-state index is 12.5. The number of hydrogen-bond acceptors (Lipinski definition) is 4. The van der Waals surface area contributed by atoms with Crippen molar-refractivity contribution in [3.05, 3.63) is 108 Å². The number of nitrogens with zero attached hydrogens (tertiary/aromatic N) is 4. The average Bonchev–Trinajstić information content (AvgIpc) is 3.28. The van der Waals surface area contributed by atoms with Gasteiger partial charge in [0, 0.05) is 61.4 Å². The van der Waals surface area contributed by atoms with Gasteiger partial charge in [-0.25, -0.2) is 0 Å². The Bertz CT molecular complexity index is 1190. The van der Waals surface area contributed by atoms with E-state index in [0.29, 0.717) is 5.56 Å². The van der Waals surface area contributed by atoms with E-state index in [2.05, 4.69) is 61.3 Å². The lowest BCUT2D eigenvalue weighted by Gasteiger charge is -2.29. The first kappa shape index (κ1) is 19.2. The fourth-order valence-electron chi connectivity index (χ4n) is 4.06. The minimum Gasteiger partial charge on any atom is -0.322 e. The molecule has 5 rings (SSSR count). The number of hydrogen-bond donors (Lipinski definition) is 1. The number of fused-ring (bicyclic) bond motifs is 1. The molecule has 0 saturated carbocycles. The molecule has 31 heavy (non-hydrogen) atoms. The molecule has 0 radical (unpaired) electrons. The molecule has 1 aromatic carbocycles. The van der Waals surface area contributed by atoms with Gasteiger partial charge < -0.3 is 9.88 Å². The van der Waals surface area contributed by atoms with Crippen LogP contribution in [0.5, 0.6) is 0 Å². The predicted molar refractivity (Wildman–Crippen MR) is 120 cm³/mol. The van der Waals surface area contributed by atoms with Crippen LogP contribution in [0.3, 0.4) is 0 Å². The highest BCUT2D eigenvalue weighted by Gasteiger charge is 2.18. The summed E-state index contributed by atoms with van der Waals surface area (Å²) in [6.45, 7) is 2.72. The highest BCUT2D eigenvalue weighted by atomic mass is 16.1. The van der Waals surface area contributed by atoms with E-state index in [4.69, 9.17) is 0 Å². The van der Waals surface area contributed by atoms with E-state index in [1.807, 2.05) is 18.3 Å². The number of anilines is 1. The zero-order chi connectivity index (χ0) is 21.0. The van der Waals surface area contributed by atoms with Gasteiger partial charge in [-0.15, -0.1) is 0 Å². The van der Waals surface area contributed by atoms with Crippen molar-refractivity contribution in [1.82, 2.24) is 19.4 Å². The van der Waals surface area contributed by atoms with Crippen LogP contribution < -0.4 is 5.32 Å². The number of benzene rings is 1. The van der Waals surface area contributed by atoms with Crippen LogP contribution in [-0.2, 0) is 19.5 Å². The predicted octanol–water partition coefficient (Wildman–Crippen LogP) is 4.08. The summed E-state index contributed by atoms with van der Waals surface area (Å²) in [7, 11) is 0. The highest BCUT2D eigenvalue weighted by molar-refractivity contribution is 6.04. The van der Waals surface area contributed by atoms with Gasteiger partial charge in [0.05, 0.1) is 11.9 Å². The van der Waals surface area contributed by atoms with Gasteiger partial charge in [-0.1, -0.05) is 6.07 Å². The van der Waals surface area contributed by atoms with Crippen molar-refractivity contribution in [2.24, 2.45) is 0 Å². The van der Waals surface area contributed by atoms with E-state index in [9.17, 15) is 4.79 Å². The van der Waals surface area contributed by atoms with E-state index in [1.165, 1.54) is 16.8 Å². The molecule has 154 valence electrons. The quantitative estimate of drug-likeness (QED) is 0.540. The van der Waals surface area contributed by atoms with E-state index >= 15 is 0 Å². The lowest BCUT2D eigenvalue weighted by molar-refractivity contribution is 0.102. The van der Waals surface area contributed by atoms with Gasteiger partial charge in [0.25, 0.3) is 5.91 Å². The van der Waals surface area contributed by atoms with Gasteiger partial charge in [0.2, 0.25) is 0 Å². The van der Waals surface area contributed by atoms with Gasteiger partial charge >= 0.3 is 0 Å². The highest BCUT2D eigenvalue weighted by Crippen LogP contribution is 2.25. The summed E-state index contributed by atoms with van der Waals surface area (Å²) in [5.74, 6) is -0.121. The molecule has 0 bridgehead atoms. The monoisotopic (exact) mass is 409 g/mol. The van der Waals surface area contributed by atoms with E-state index in [1.54, 1.807) is 30.7 Å². The zero-order valence-corrected chi connectivity index (χ0v) is 17.1. The van der Waals surface area contributed by atoms with Gasteiger partial charge in [-0.05, 0) is 66.1 Å². The Morgan fingerprint density at radius 1 is 0.968 bits per heavy atom. The molecular weight excluding hydrogens is 386 g/mol. The SMILES string of the molecule is O=C(Nc1ccc2c(c1)CN(Cc1cccn1-c1cccnc1)CC2)c1ccncc1. The number of nitrogens with one attached hydrogen (secondary N) is 1. The Kier molecular flexibility index (Phi) is 5.29. The second-order valence-corrected chi connectivity index (χ2v) is 7.71. The summed E-state index contributed by atoms with van der Waals surface area (Å²) in [6.07, 6.45) is 10.0. The Morgan fingerprint density at radius 3 is 2.71 bits per heavy atom. The Hall–Kier alpha value is -3.77. The summed E-state index contributed by atoms with van der Waals surface area (Å²) < 4.78 is 2.19. The average molecular weight is 409 g/mol. The van der Waals surface area contributed by atoms with Crippen LogP contribution in [0.4, 0.5) is 5.69 Å². The Morgan fingerprint density at radius 2 is 1.87 bits per heavy atom. The number of aromatic nitrogens is 3. The summed E-state index contributed by atoms with van der Waals surface area (Å²) in [5, 5.41) is 3.00. The van der Waals surface area contributed by atoms with Crippen molar-refractivity contribution in [3.8, 4) is 5.69 Å². The molecule has 1 aliphatic heterocycles. The van der Waals surface area contributed by atoms with Gasteiger partial charge in [-0.3, -0.25) is 19.7 Å². The standard InChI is InChI=1S/C25H23N5O/c31-25(20-7-11-26-12-8-20)28-22-6-5-19-9-14-29(17-21(19)15-22)18-24-4-2-13-30(24)23-3-1-10-27-16-23/h1-8,10-13,15-16H,9,14,17-18H2,(H,28,31). The van der Waals surface area contributed by atoms with Gasteiger partial charge in [0.15, 0.2) is 0 Å². The normalized spacial score (nSPS) is 13.5. The lowest BCUT2D eigenvalue weighted by atomic mass is 9.99. The van der Waals surface area contributed by atoms with Crippen LogP contribution in [-0.4, -0.2) is 31.9 Å². The molecule has 0 spiro atoms. The summed E-state index contributed by atoms with van der Waals surface area (Å²) in [4.78, 5) is 23.1. The number of amides is 1. The largest absolute Gasteiger partial charge is 0.322 e. The smallest absolute Gasteiger partial charge is 0.255 e. The third-order valence-electron chi connectivity index (χ3n) is 5.64. The molecule has 0 aliphatic carbocycles. The maximum Gasteiger partial charge on any atom is 0.255 e. The Balaban J connectivity index is 1.30. The second-order valence-electron chi connectivity index (χ2n) is 7.71. The van der Waals surface area contributed by atoms with Crippen molar-refractivity contribution in [2.45, 2.75) is 19.5 Å². The third-order valence-corrected chi connectivity index (χ3v) is 5.64. The summed E-state index contributed by atoms with van der Waals surface area (Å²) >= 11 is 0.